The molecule has 0 aliphatic heterocycles. The van der Waals surface area contributed by atoms with Gasteiger partial charge in [-0.3, -0.25) is 4.79 Å². The van der Waals surface area contributed by atoms with Gasteiger partial charge < -0.3 is 5.32 Å². The lowest BCUT2D eigenvalue weighted by Gasteiger charge is -2.20. The predicted molar refractivity (Wildman–Crippen MR) is 91.5 cm³/mol. The zero-order valence-electron chi connectivity index (χ0n) is 13.3. The first-order valence-electron chi connectivity index (χ1n) is 7.62. The maximum Gasteiger partial charge on any atom is 0.417 e. The van der Waals surface area contributed by atoms with Crippen molar-refractivity contribution in [3.05, 3.63) is 93.4 Å². The van der Waals surface area contributed by atoms with Crippen LogP contribution in [0.4, 0.5) is 17.6 Å². The van der Waals surface area contributed by atoms with Crippen molar-refractivity contribution in [1.82, 2.24) is 5.32 Å². The van der Waals surface area contributed by atoms with Crippen molar-refractivity contribution in [2.45, 2.75) is 12.2 Å². The molecule has 1 N–H and O–H groups in total. The number of rotatable bonds is 4. The van der Waals surface area contributed by atoms with Crippen LogP contribution in [-0.4, -0.2) is 5.91 Å². The molecule has 7 heteroatoms. The highest BCUT2D eigenvalue weighted by Crippen LogP contribution is 2.33. The molecule has 26 heavy (non-hydrogen) atoms. The van der Waals surface area contributed by atoms with Crippen molar-refractivity contribution in [1.29, 1.82) is 0 Å². The standard InChI is InChI=1S/C19H13F4NOS/c20-13-9-7-12(8-10-13)17(16-6-3-11-26-16)24-18(25)14-4-1-2-5-15(14)19(21,22)23/h1-11,17H,(H,24,25)/t17-/m0/s1. The molecular weight excluding hydrogens is 366 g/mol. The average Bonchev–Trinajstić information content (AvgIpc) is 3.14. The van der Waals surface area contributed by atoms with Gasteiger partial charge in [-0.05, 0) is 41.3 Å². The van der Waals surface area contributed by atoms with Crippen LogP contribution in [-0.2, 0) is 6.18 Å². The average molecular weight is 379 g/mol. The molecule has 2 nitrogen and oxygen atoms in total. The molecule has 0 saturated carbocycles. The van der Waals surface area contributed by atoms with Crippen LogP contribution in [0.25, 0.3) is 0 Å². The Balaban J connectivity index is 1.96. The zero-order chi connectivity index (χ0) is 18.7. The minimum Gasteiger partial charge on any atom is -0.340 e. The van der Waals surface area contributed by atoms with Gasteiger partial charge in [0.25, 0.3) is 5.91 Å². The monoisotopic (exact) mass is 379 g/mol. The minimum absolute atomic E-state index is 0.438. The third-order valence-corrected chi connectivity index (χ3v) is 4.72. The number of hydrogen-bond donors (Lipinski definition) is 1. The first kappa shape index (κ1) is 18.1. The fourth-order valence-electron chi connectivity index (χ4n) is 2.57. The summed E-state index contributed by atoms with van der Waals surface area (Å²) >= 11 is 1.35. The summed E-state index contributed by atoms with van der Waals surface area (Å²) in [5, 5.41) is 4.43. The molecule has 3 rings (SSSR count). The molecular formula is C19H13F4NOS. The molecule has 0 spiro atoms. The van der Waals surface area contributed by atoms with Gasteiger partial charge in [-0.1, -0.05) is 30.3 Å². The van der Waals surface area contributed by atoms with Crippen LogP contribution in [0.2, 0.25) is 0 Å². The highest BCUT2D eigenvalue weighted by atomic mass is 32.1. The van der Waals surface area contributed by atoms with E-state index >= 15 is 0 Å². The van der Waals surface area contributed by atoms with Crippen LogP contribution < -0.4 is 5.32 Å². The second-order valence-corrected chi connectivity index (χ2v) is 6.50. The van der Waals surface area contributed by atoms with Gasteiger partial charge >= 0.3 is 6.18 Å². The van der Waals surface area contributed by atoms with E-state index in [0.29, 0.717) is 5.56 Å². The number of nitrogens with one attached hydrogen (secondary N) is 1. The van der Waals surface area contributed by atoms with Crippen LogP contribution >= 0.6 is 11.3 Å². The third-order valence-electron chi connectivity index (χ3n) is 3.78. The van der Waals surface area contributed by atoms with E-state index in [2.05, 4.69) is 5.32 Å². The number of carbonyl (C=O) groups is 1. The van der Waals surface area contributed by atoms with E-state index in [9.17, 15) is 22.4 Å². The van der Waals surface area contributed by atoms with E-state index in [-0.39, 0.29) is 0 Å². The molecule has 0 radical (unpaired) electrons. The summed E-state index contributed by atoms with van der Waals surface area (Å²) in [6.07, 6.45) is -4.64. The first-order chi connectivity index (χ1) is 12.4. The molecule has 134 valence electrons. The molecule has 1 heterocycles. The highest BCUT2D eigenvalue weighted by Gasteiger charge is 2.35. The van der Waals surface area contributed by atoms with Gasteiger partial charge in [0.1, 0.15) is 5.82 Å². The van der Waals surface area contributed by atoms with E-state index in [1.165, 1.54) is 47.7 Å². The van der Waals surface area contributed by atoms with Crippen molar-refractivity contribution < 1.29 is 22.4 Å². The number of thiophene rings is 1. The van der Waals surface area contributed by atoms with Crippen molar-refractivity contribution in [2.24, 2.45) is 0 Å². The molecule has 1 amide bonds. The second-order valence-electron chi connectivity index (χ2n) is 5.52. The predicted octanol–water partition coefficient (Wildman–Crippen LogP) is 5.43. The topological polar surface area (TPSA) is 29.1 Å². The van der Waals surface area contributed by atoms with Gasteiger partial charge in [-0.25, -0.2) is 4.39 Å². The number of benzene rings is 2. The van der Waals surface area contributed by atoms with Crippen LogP contribution in [0, 0.1) is 5.82 Å². The Morgan fingerprint density at radius 1 is 0.962 bits per heavy atom. The van der Waals surface area contributed by atoms with Gasteiger partial charge in [-0.2, -0.15) is 13.2 Å². The lowest BCUT2D eigenvalue weighted by molar-refractivity contribution is -0.137. The summed E-state index contributed by atoms with van der Waals surface area (Å²) < 4.78 is 52.7. The fourth-order valence-corrected chi connectivity index (χ4v) is 3.37. The normalized spacial score (nSPS) is 12.6. The number of hydrogen-bond acceptors (Lipinski definition) is 2. The second kappa shape index (κ2) is 7.29. The van der Waals surface area contributed by atoms with Crippen molar-refractivity contribution in [3.63, 3.8) is 0 Å². The summed E-state index contributed by atoms with van der Waals surface area (Å²) in [6.45, 7) is 0. The molecule has 2 aromatic carbocycles. The largest absolute Gasteiger partial charge is 0.417 e. The maximum absolute atomic E-state index is 13.2. The van der Waals surface area contributed by atoms with Crippen LogP contribution in [0.15, 0.2) is 66.0 Å². The van der Waals surface area contributed by atoms with E-state index < -0.39 is 35.1 Å². The van der Waals surface area contributed by atoms with E-state index in [4.69, 9.17) is 0 Å². The minimum atomic E-state index is -4.64. The van der Waals surface area contributed by atoms with Crippen molar-refractivity contribution in [2.75, 3.05) is 0 Å². The van der Waals surface area contributed by atoms with Crippen molar-refractivity contribution >= 4 is 17.2 Å². The molecule has 1 aromatic heterocycles. The number of amides is 1. The first-order valence-corrected chi connectivity index (χ1v) is 8.50. The Morgan fingerprint density at radius 2 is 1.65 bits per heavy atom. The Kier molecular flexibility index (Phi) is 5.08. The molecule has 0 aliphatic carbocycles. The molecule has 0 bridgehead atoms. The van der Waals surface area contributed by atoms with Crippen LogP contribution in [0.5, 0.6) is 0 Å². The van der Waals surface area contributed by atoms with Gasteiger partial charge in [0, 0.05) is 4.88 Å². The van der Waals surface area contributed by atoms with E-state index in [1.807, 2.05) is 0 Å². The Hall–Kier alpha value is -2.67. The summed E-state index contributed by atoms with van der Waals surface area (Å²) in [6, 6.07) is 12.9. The van der Waals surface area contributed by atoms with Crippen LogP contribution in [0.3, 0.4) is 0 Å². The summed E-state index contributed by atoms with van der Waals surface area (Å²) in [5.41, 5.74) is -0.878. The number of carbonyl (C=O) groups excluding carboxylic acids is 1. The molecule has 0 unspecified atom stereocenters. The summed E-state index contributed by atoms with van der Waals surface area (Å²) in [5.74, 6) is -1.28. The molecule has 0 aliphatic rings. The van der Waals surface area contributed by atoms with Crippen molar-refractivity contribution in [3.8, 4) is 0 Å². The Bertz CT molecular complexity index is 889. The number of halogens is 4. The van der Waals surface area contributed by atoms with E-state index in [0.717, 1.165) is 17.0 Å². The Morgan fingerprint density at radius 3 is 2.27 bits per heavy atom. The SMILES string of the molecule is O=C(N[C@@H](c1ccc(F)cc1)c1cccs1)c1ccccc1C(F)(F)F. The van der Waals surface area contributed by atoms with Crippen LogP contribution in [0.1, 0.15) is 32.4 Å². The molecule has 3 aromatic rings. The summed E-state index contributed by atoms with van der Waals surface area (Å²) in [4.78, 5) is 13.3. The van der Waals surface area contributed by atoms with E-state index in [1.54, 1.807) is 17.5 Å². The maximum atomic E-state index is 13.2. The zero-order valence-corrected chi connectivity index (χ0v) is 14.1. The van der Waals surface area contributed by atoms with Gasteiger partial charge in [-0.15, -0.1) is 11.3 Å². The molecule has 0 saturated heterocycles. The van der Waals surface area contributed by atoms with Gasteiger partial charge in [0.15, 0.2) is 0 Å². The summed E-state index contributed by atoms with van der Waals surface area (Å²) in [7, 11) is 0. The lowest BCUT2D eigenvalue weighted by Crippen LogP contribution is -2.30. The van der Waals surface area contributed by atoms with Gasteiger partial charge in [0.05, 0.1) is 17.2 Å². The molecule has 1 atom stereocenters. The number of alkyl halides is 3. The Labute approximate surface area is 151 Å². The quantitative estimate of drug-likeness (QED) is 0.602. The molecule has 0 fully saturated rings. The lowest BCUT2D eigenvalue weighted by atomic mass is 10.0. The fraction of sp³-hybridized carbons (Fsp3) is 0.105. The third kappa shape index (κ3) is 3.94. The smallest absolute Gasteiger partial charge is 0.340 e. The highest BCUT2D eigenvalue weighted by molar-refractivity contribution is 7.10. The van der Waals surface area contributed by atoms with Gasteiger partial charge in [0.2, 0.25) is 0 Å².